The topological polar surface area (TPSA) is 0 Å². The van der Waals surface area contributed by atoms with Crippen molar-refractivity contribution in [2.45, 2.75) is 40.5 Å². The molecule has 2 saturated carbocycles. The molecule has 2 aliphatic carbocycles. The van der Waals surface area contributed by atoms with Gasteiger partial charge < -0.3 is 0 Å². The monoisotopic (exact) mass is 152 g/mol. The largest absolute Gasteiger partial charge is 0.0651 e. The average Bonchev–Trinajstić information content (AvgIpc) is 2.34. The normalized spacial score (nSPS) is 52.4. The molecular formula is C11H20. The van der Waals surface area contributed by atoms with Gasteiger partial charge in [-0.05, 0) is 35.5 Å². The maximum absolute atomic E-state index is 2.47. The van der Waals surface area contributed by atoms with E-state index in [4.69, 9.17) is 0 Å². The molecular weight excluding hydrogens is 132 g/mol. The molecule has 11 heavy (non-hydrogen) atoms. The molecule has 0 aromatic carbocycles. The van der Waals surface area contributed by atoms with E-state index in [1.165, 1.54) is 12.8 Å². The van der Waals surface area contributed by atoms with Gasteiger partial charge in [-0.1, -0.05) is 34.1 Å². The van der Waals surface area contributed by atoms with E-state index < -0.39 is 0 Å². The summed E-state index contributed by atoms with van der Waals surface area (Å²) in [5.74, 6) is 4.23. The molecule has 2 rings (SSSR count). The third kappa shape index (κ3) is 0.816. The van der Waals surface area contributed by atoms with E-state index in [9.17, 15) is 0 Å². The Labute approximate surface area is 70.4 Å². The molecule has 0 radical (unpaired) electrons. The van der Waals surface area contributed by atoms with E-state index in [0.29, 0.717) is 5.41 Å². The van der Waals surface area contributed by atoms with Crippen molar-refractivity contribution in [1.82, 2.24) is 0 Å². The molecule has 2 fully saturated rings. The van der Waals surface area contributed by atoms with Gasteiger partial charge in [0.2, 0.25) is 0 Å². The number of fused-ring (bicyclic) bond motifs is 1. The highest BCUT2D eigenvalue weighted by atomic mass is 14.7. The fraction of sp³-hybridized carbons (Fsp3) is 1.00. The third-order valence-electron chi connectivity index (χ3n) is 4.53. The zero-order valence-electron chi connectivity index (χ0n) is 8.22. The molecule has 0 heterocycles. The van der Waals surface area contributed by atoms with Crippen LogP contribution in [0.25, 0.3) is 0 Å². The Kier molecular flexibility index (Phi) is 1.41. The maximum atomic E-state index is 2.47. The molecule has 64 valence electrons. The predicted molar refractivity (Wildman–Crippen MR) is 48.3 cm³/mol. The molecule has 0 amide bonds. The second-order valence-corrected chi connectivity index (χ2v) is 5.22. The zero-order chi connectivity index (χ0) is 8.22. The minimum Gasteiger partial charge on any atom is -0.0651 e. The van der Waals surface area contributed by atoms with Crippen molar-refractivity contribution in [3.05, 3.63) is 0 Å². The minimum atomic E-state index is 0.713. The molecule has 0 nitrogen and oxygen atoms in total. The van der Waals surface area contributed by atoms with Crippen LogP contribution >= 0.6 is 0 Å². The number of rotatable bonds is 1. The van der Waals surface area contributed by atoms with Crippen molar-refractivity contribution in [3.63, 3.8) is 0 Å². The lowest BCUT2D eigenvalue weighted by molar-refractivity contribution is 0.281. The number of hydrogen-bond acceptors (Lipinski definition) is 0. The molecule has 4 atom stereocenters. The summed E-state index contributed by atoms with van der Waals surface area (Å²) in [5.41, 5.74) is 0.713. The van der Waals surface area contributed by atoms with E-state index in [2.05, 4.69) is 27.7 Å². The third-order valence-corrected chi connectivity index (χ3v) is 4.53. The van der Waals surface area contributed by atoms with Crippen LogP contribution < -0.4 is 0 Å². The van der Waals surface area contributed by atoms with Gasteiger partial charge in [0.25, 0.3) is 0 Å². The van der Waals surface area contributed by atoms with E-state index in [1.54, 1.807) is 0 Å². The predicted octanol–water partition coefficient (Wildman–Crippen LogP) is 3.32. The first-order valence-electron chi connectivity index (χ1n) is 5.09. The molecule has 0 aromatic rings. The van der Waals surface area contributed by atoms with Crippen LogP contribution in [0.2, 0.25) is 0 Å². The van der Waals surface area contributed by atoms with Gasteiger partial charge in [-0.3, -0.25) is 0 Å². The Hall–Kier alpha value is 0. The fourth-order valence-corrected chi connectivity index (χ4v) is 3.65. The van der Waals surface area contributed by atoms with E-state index in [-0.39, 0.29) is 0 Å². The fourth-order valence-electron chi connectivity index (χ4n) is 3.65. The lowest BCUT2D eigenvalue weighted by Crippen LogP contribution is -2.13. The van der Waals surface area contributed by atoms with Crippen molar-refractivity contribution in [3.8, 4) is 0 Å². The molecule has 0 bridgehead atoms. The Morgan fingerprint density at radius 3 is 2.36 bits per heavy atom. The maximum Gasteiger partial charge on any atom is -0.0289 e. The van der Waals surface area contributed by atoms with Crippen LogP contribution in [0, 0.1) is 29.1 Å². The smallest absolute Gasteiger partial charge is 0.0289 e. The Morgan fingerprint density at radius 1 is 1.36 bits per heavy atom. The second-order valence-electron chi connectivity index (χ2n) is 5.22. The minimum absolute atomic E-state index is 0.713. The van der Waals surface area contributed by atoms with Crippen molar-refractivity contribution < 1.29 is 0 Å². The van der Waals surface area contributed by atoms with Crippen LogP contribution in [0.5, 0.6) is 0 Å². The van der Waals surface area contributed by atoms with Gasteiger partial charge >= 0.3 is 0 Å². The van der Waals surface area contributed by atoms with Crippen molar-refractivity contribution in [2.75, 3.05) is 0 Å². The lowest BCUT2D eigenvalue weighted by atomic mass is 9.84. The van der Waals surface area contributed by atoms with Crippen LogP contribution in [-0.2, 0) is 0 Å². The highest BCUT2D eigenvalue weighted by molar-refractivity contribution is 5.12. The first-order valence-corrected chi connectivity index (χ1v) is 5.09. The van der Waals surface area contributed by atoms with Gasteiger partial charge in [0.1, 0.15) is 0 Å². The molecule has 2 aliphatic rings. The molecule has 0 aliphatic heterocycles. The molecule has 0 heteroatoms. The molecule has 0 aromatic heterocycles. The summed E-state index contributed by atoms with van der Waals surface area (Å²) >= 11 is 0. The first kappa shape index (κ1) is 7.64. The Morgan fingerprint density at radius 2 is 2.00 bits per heavy atom. The summed E-state index contributed by atoms with van der Waals surface area (Å²) in [6, 6.07) is 0. The van der Waals surface area contributed by atoms with Crippen LogP contribution in [0.15, 0.2) is 0 Å². The molecule has 0 N–H and O–H groups in total. The van der Waals surface area contributed by atoms with E-state index in [1.807, 2.05) is 0 Å². The first-order chi connectivity index (χ1) is 5.09. The van der Waals surface area contributed by atoms with Gasteiger partial charge in [0.05, 0.1) is 0 Å². The van der Waals surface area contributed by atoms with Crippen molar-refractivity contribution >= 4 is 0 Å². The zero-order valence-corrected chi connectivity index (χ0v) is 8.22. The Bertz CT molecular complexity index is 169. The van der Waals surface area contributed by atoms with Gasteiger partial charge in [0.15, 0.2) is 0 Å². The summed E-state index contributed by atoms with van der Waals surface area (Å²) in [4.78, 5) is 0. The highest BCUT2D eigenvalue weighted by Crippen LogP contribution is 2.70. The van der Waals surface area contributed by atoms with Gasteiger partial charge in [0, 0.05) is 0 Å². The second kappa shape index (κ2) is 2.02. The molecule has 4 unspecified atom stereocenters. The summed E-state index contributed by atoms with van der Waals surface area (Å²) < 4.78 is 0. The lowest BCUT2D eigenvalue weighted by Gasteiger charge is -2.21. The summed E-state index contributed by atoms with van der Waals surface area (Å²) in [6.07, 6.45) is 2.93. The number of hydrogen-bond donors (Lipinski definition) is 0. The van der Waals surface area contributed by atoms with Gasteiger partial charge in [-0.2, -0.15) is 0 Å². The molecule has 0 saturated heterocycles. The van der Waals surface area contributed by atoms with Crippen LogP contribution in [0.3, 0.4) is 0 Å². The van der Waals surface area contributed by atoms with Gasteiger partial charge in [-0.15, -0.1) is 0 Å². The van der Waals surface area contributed by atoms with Crippen LogP contribution in [0.4, 0.5) is 0 Å². The SMILES string of the molecule is CCC1CC2C(C1C)C2(C)C. The summed E-state index contributed by atoms with van der Waals surface area (Å²) in [6.45, 7) is 9.71. The van der Waals surface area contributed by atoms with Crippen LogP contribution in [-0.4, -0.2) is 0 Å². The summed E-state index contributed by atoms with van der Waals surface area (Å²) in [5, 5.41) is 0. The van der Waals surface area contributed by atoms with E-state index in [0.717, 1.165) is 23.7 Å². The highest BCUT2D eigenvalue weighted by Gasteiger charge is 2.64. The van der Waals surface area contributed by atoms with Crippen molar-refractivity contribution in [1.29, 1.82) is 0 Å². The van der Waals surface area contributed by atoms with Gasteiger partial charge in [-0.25, -0.2) is 0 Å². The van der Waals surface area contributed by atoms with E-state index >= 15 is 0 Å². The van der Waals surface area contributed by atoms with Crippen molar-refractivity contribution in [2.24, 2.45) is 29.1 Å². The standard InChI is InChI=1S/C11H20/c1-5-8-6-9-10(7(8)2)11(9,3)4/h7-10H,5-6H2,1-4H3. The van der Waals surface area contributed by atoms with Crippen LogP contribution in [0.1, 0.15) is 40.5 Å². The summed E-state index contributed by atoms with van der Waals surface area (Å²) in [7, 11) is 0. The average molecular weight is 152 g/mol. The quantitative estimate of drug-likeness (QED) is 0.540. The Balaban J connectivity index is 2.06. The molecule has 0 spiro atoms.